The van der Waals surface area contributed by atoms with Gasteiger partial charge >= 0.3 is 0 Å². The summed E-state index contributed by atoms with van der Waals surface area (Å²) in [5.41, 5.74) is 0. The number of hydrogen-bond donors (Lipinski definition) is 1. The smallest absolute Gasteiger partial charge is 0.0630 e. The van der Waals surface area contributed by atoms with Crippen molar-refractivity contribution in [1.82, 2.24) is 10.2 Å². The van der Waals surface area contributed by atoms with E-state index in [1.54, 1.807) is 14.2 Å². The van der Waals surface area contributed by atoms with Crippen molar-refractivity contribution >= 4 is 0 Å². The van der Waals surface area contributed by atoms with Gasteiger partial charge in [-0.1, -0.05) is 19.9 Å². The quantitative estimate of drug-likeness (QED) is 0.553. The zero-order chi connectivity index (χ0) is 13.1. The van der Waals surface area contributed by atoms with E-state index in [0.717, 1.165) is 32.8 Å². The van der Waals surface area contributed by atoms with Gasteiger partial charge in [0.1, 0.15) is 0 Å². The van der Waals surface area contributed by atoms with Crippen LogP contribution in [0.25, 0.3) is 0 Å². The van der Waals surface area contributed by atoms with Crippen molar-refractivity contribution in [1.29, 1.82) is 0 Å². The minimum absolute atomic E-state index is 0.357. The first-order chi connectivity index (χ1) is 8.15. The number of nitrogens with zero attached hydrogens (tertiary/aromatic N) is 1. The Bertz CT molecular complexity index is 186. The van der Waals surface area contributed by atoms with E-state index in [9.17, 15) is 0 Å². The molecule has 1 unspecified atom stereocenters. The molecule has 0 saturated carbocycles. The summed E-state index contributed by atoms with van der Waals surface area (Å²) in [7, 11) is 3.47. The van der Waals surface area contributed by atoms with E-state index in [-0.39, 0.29) is 0 Å². The second-order valence-electron chi connectivity index (χ2n) is 4.45. The molecule has 1 atom stereocenters. The molecule has 0 aliphatic rings. The third kappa shape index (κ3) is 8.32. The Labute approximate surface area is 106 Å². The Hall–Kier alpha value is -0.420. The van der Waals surface area contributed by atoms with Crippen LogP contribution in [0.4, 0.5) is 0 Å². The molecule has 0 saturated heterocycles. The van der Waals surface area contributed by atoms with E-state index in [0.29, 0.717) is 12.1 Å². The largest absolute Gasteiger partial charge is 0.383 e. The molecule has 4 nitrogen and oxygen atoms in total. The Balaban J connectivity index is 4.28. The van der Waals surface area contributed by atoms with Crippen LogP contribution in [0, 0.1) is 0 Å². The van der Waals surface area contributed by atoms with E-state index >= 15 is 0 Å². The summed E-state index contributed by atoms with van der Waals surface area (Å²) >= 11 is 0. The predicted molar refractivity (Wildman–Crippen MR) is 72.4 cm³/mol. The van der Waals surface area contributed by atoms with Crippen LogP contribution in [-0.4, -0.2) is 64.1 Å². The third-order valence-electron chi connectivity index (χ3n) is 2.58. The van der Waals surface area contributed by atoms with Crippen LogP contribution >= 0.6 is 0 Å². The molecule has 102 valence electrons. The number of rotatable bonds is 11. The average molecular weight is 244 g/mol. The van der Waals surface area contributed by atoms with Gasteiger partial charge in [-0.15, -0.1) is 6.58 Å². The summed E-state index contributed by atoms with van der Waals surface area (Å²) in [5, 5.41) is 3.45. The molecule has 0 heterocycles. The van der Waals surface area contributed by atoms with Crippen LogP contribution in [-0.2, 0) is 9.47 Å². The van der Waals surface area contributed by atoms with Crippen molar-refractivity contribution in [2.75, 3.05) is 47.1 Å². The van der Waals surface area contributed by atoms with E-state index in [4.69, 9.17) is 9.47 Å². The van der Waals surface area contributed by atoms with Crippen molar-refractivity contribution in [2.24, 2.45) is 0 Å². The van der Waals surface area contributed by atoms with E-state index in [1.165, 1.54) is 0 Å². The van der Waals surface area contributed by atoms with Crippen LogP contribution < -0.4 is 5.32 Å². The molecule has 1 N–H and O–H groups in total. The number of hydrogen-bond acceptors (Lipinski definition) is 4. The van der Waals surface area contributed by atoms with Crippen molar-refractivity contribution < 1.29 is 9.47 Å². The Morgan fingerprint density at radius 1 is 1.29 bits per heavy atom. The van der Waals surface area contributed by atoms with Gasteiger partial charge in [-0.05, 0) is 0 Å². The van der Waals surface area contributed by atoms with Crippen LogP contribution in [0.1, 0.15) is 13.8 Å². The first-order valence-corrected chi connectivity index (χ1v) is 6.21. The molecular formula is C13H28N2O2. The van der Waals surface area contributed by atoms with E-state index in [2.05, 4.69) is 30.6 Å². The maximum atomic E-state index is 5.29. The number of methoxy groups -OCH3 is 2. The van der Waals surface area contributed by atoms with Crippen LogP contribution in [0.15, 0.2) is 12.7 Å². The van der Waals surface area contributed by atoms with Gasteiger partial charge in [-0.25, -0.2) is 0 Å². The molecule has 0 aliphatic heterocycles. The Morgan fingerprint density at radius 3 is 2.47 bits per heavy atom. The Morgan fingerprint density at radius 2 is 2.00 bits per heavy atom. The number of nitrogens with one attached hydrogen (secondary N) is 1. The van der Waals surface area contributed by atoms with Gasteiger partial charge in [-0.2, -0.15) is 0 Å². The highest BCUT2D eigenvalue weighted by atomic mass is 16.5. The maximum Gasteiger partial charge on any atom is 0.0630 e. The summed E-state index contributed by atoms with van der Waals surface area (Å²) in [6.07, 6.45) is 1.92. The van der Waals surface area contributed by atoms with Crippen LogP contribution in [0.3, 0.4) is 0 Å². The lowest BCUT2D eigenvalue weighted by Crippen LogP contribution is -2.47. The fraction of sp³-hybridized carbons (Fsp3) is 0.846. The van der Waals surface area contributed by atoms with Gasteiger partial charge in [-0.3, -0.25) is 4.90 Å². The van der Waals surface area contributed by atoms with E-state index in [1.807, 2.05) is 6.08 Å². The summed E-state index contributed by atoms with van der Waals surface area (Å²) in [5.74, 6) is 0. The van der Waals surface area contributed by atoms with Crippen molar-refractivity contribution in [3.05, 3.63) is 12.7 Å². The highest BCUT2D eigenvalue weighted by molar-refractivity contribution is 4.81. The summed E-state index contributed by atoms with van der Waals surface area (Å²) in [6, 6.07) is 0.845. The standard InChI is InChI=1S/C13H28N2O2/c1-6-7-15(8-9-16-4)13(11-17-5)10-14-12(2)3/h6,12-14H,1,7-11H2,2-5H3. The topological polar surface area (TPSA) is 33.7 Å². The minimum Gasteiger partial charge on any atom is -0.383 e. The molecule has 4 heteroatoms. The molecule has 0 aromatic carbocycles. The maximum absolute atomic E-state index is 5.29. The first-order valence-electron chi connectivity index (χ1n) is 6.21. The van der Waals surface area contributed by atoms with Crippen molar-refractivity contribution in [3.63, 3.8) is 0 Å². The lowest BCUT2D eigenvalue weighted by Gasteiger charge is -2.31. The molecular weight excluding hydrogens is 216 g/mol. The molecule has 0 fully saturated rings. The molecule has 0 bridgehead atoms. The fourth-order valence-electron chi connectivity index (χ4n) is 1.65. The molecule has 0 amide bonds. The van der Waals surface area contributed by atoms with Gasteiger partial charge in [0, 0.05) is 45.9 Å². The van der Waals surface area contributed by atoms with Gasteiger partial charge < -0.3 is 14.8 Å². The third-order valence-corrected chi connectivity index (χ3v) is 2.58. The highest BCUT2D eigenvalue weighted by Gasteiger charge is 2.17. The lowest BCUT2D eigenvalue weighted by molar-refractivity contribution is 0.0734. The molecule has 0 aromatic heterocycles. The zero-order valence-corrected chi connectivity index (χ0v) is 11.7. The zero-order valence-electron chi connectivity index (χ0n) is 11.7. The van der Waals surface area contributed by atoms with Crippen molar-refractivity contribution in [3.8, 4) is 0 Å². The minimum atomic E-state index is 0.357. The lowest BCUT2D eigenvalue weighted by atomic mass is 10.2. The van der Waals surface area contributed by atoms with Crippen molar-refractivity contribution in [2.45, 2.75) is 25.9 Å². The van der Waals surface area contributed by atoms with E-state index < -0.39 is 0 Å². The van der Waals surface area contributed by atoms with Gasteiger partial charge in [0.2, 0.25) is 0 Å². The fourth-order valence-corrected chi connectivity index (χ4v) is 1.65. The molecule has 17 heavy (non-hydrogen) atoms. The second kappa shape index (κ2) is 10.7. The summed E-state index contributed by atoms with van der Waals surface area (Å²) in [4.78, 5) is 2.33. The van der Waals surface area contributed by atoms with Gasteiger partial charge in [0.15, 0.2) is 0 Å². The molecule has 0 aromatic rings. The molecule has 0 radical (unpaired) electrons. The first kappa shape index (κ1) is 16.6. The second-order valence-corrected chi connectivity index (χ2v) is 4.45. The highest BCUT2D eigenvalue weighted by Crippen LogP contribution is 2.01. The SMILES string of the molecule is C=CCN(CCOC)C(CNC(C)C)COC. The molecule has 0 spiro atoms. The summed E-state index contributed by atoms with van der Waals surface area (Å²) < 4.78 is 10.4. The van der Waals surface area contributed by atoms with Crippen LogP contribution in [0.5, 0.6) is 0 Å². The van der Waals surface area contributed by atoms with Crippen LogP contribution in [0.2, 0.25) is 0 Å². The monoisotopic (exact) mass is 244 g/mol. The van der Waals surface area contributed by atoms with Gasteiger partial charge in [0.25, 0.3) is 0 Å². The van der Waals surface area contributed by atoms with Gasteiger partial charge in [0.05, 0.1) is 13.2 Å². The molecule has 0 aliphatic carbocycles. The summed E-state index contributed by atoms with van der Waals surface area (Å²) in [6.45, 7) is 12.2. The predicted octanol–water partition coefficient (Wildman–Crippen LogP) is 1.13. The Kier molecular flexibility index (Phi) is 10.5. The average Bonchev–Trinajstić information content (AvgIpc) is 2.30. The number of ether oxygens (including phenoxy) is 2. The molecule has 0 rings (SSSR count). The normalized spacial score (nSPS) is 13.3.